The quantitative estimate of drug-likeness (QED) is 0.763. The van der Waals surface area contributed by atoms with Crippen molar-refractivity contribution in [3.8, 4) is 0 Å². The second-order valence-corrected chi connectivity index (χ2v) is 10.3. The summed E-state index contributed by atoms with van der Waals surface area (Å²) in [5, 5.41) is 5.18. The van der Waals surface area contributed by atoms with Crippen molar-refractivity contribution in [3.05, 3.63) is 47.5 Å². The Kier molecular flexibility index (Phi) is 6.16. The van der Waals surface area contributed by atoms with Crippen LogP contribution in [0, 0.1) is 5.92 Å². The highest BCUT2D eigenvalue weighted by Crippen LogP contribution is 2.28. The van der Waals surface area contributed by atoms with Crippen molar-refractivity contribution in [2.75, 3.05) is 23.1 Å². The second kappa shape index (κ2) is 8.37. The van der Waals surface area contributed by atoms with Gasteiger partial charge < -0.3 is 0 Å². The third-order valence-electron chi connectivity index (χ3n) is 4.16. The highest BCUT2D eigenvalue weighted by molar-refractivity contribution is 7.99. The number of nitrogens with zero attached hydrogens (tertiary/aromatic N) is 1. The molecular formula is C18H20N2O3S3. The molecule has 1 aliphatic rings. The summed E-state index contributed by atoms with van der Waals surface area (Å²) in [6.07, 6.45) is 6.93. The van der Waals surface area contributed by atoms with E-state index < -0.39 is 9.84 Å². The first kappa shape index (κ1) is 19.1. The van der Waals surface area contributed by atoms with Gasteiger partial charge in [-0.05, 0) is 48.0 Å². The van der Waals surface area contributed by atoms with Gasteiger partial charge >= 0.3 is 0 Å². The highest BCUT2D eigenvalue weighted by Gasteiger charge is 2.19. The van der Waals surface area contributed by atoms with Crippen LogP contribution in [0.5, 0.6) is 0 Å². The molecule has 0 saturated carbocycles. The van der Waals surface area contributed by atoms with Crippen molar-refractivity contribution in [2.45, 2.75) is 17.7 Å². The maximum atomic E-state index is 12.8. The molecule has 8 heteroatoms. The molecule has 0 bridgehead atoms. The van der Waals surface area contributed by atoms with E-state index in [1.54, 1.807) is 35.8 Å². The van der Waals surface area contributed by atoms with Crippen LogP contribution >= 0.6 is 23.1 Å². The average molecular weight is 409 g/mol. The number of sulfone groups is 1. The molecule has 3 rings (SSSR count). The van der Waals surface area contributed by atoms with E-state index in [1.807, 2.05) is 17.8 Å². The van der Waals surface area contributed by atoms with Crippen molar-refractivity contribution in [2.24, 2.45) is 5.92 Å². The van der Waals surface area contributed by atoms with Gasteiger partial charge in [-0.2, -0.15) is 11.8 Å². The van der Waals surface area contributed by atoms with Gasteiger partial charge in [-0.25, -0.2) is 13.4 Å². The zero-order valence-electron chi connectivity index (χ0n) is 14.3. The summed E-state index contributed by atoms with van der Waals surface area (Å²) < 4.78 is 23.3. The molecule has 1 aromatic carbocycles. The van der Waals surface area contributed by atoms with E-state index in [0.717, 1.165) is 24.3 Å². The zero-order chi connectivity index (χ0) is 18.6. The van der Waals surface area contributed by atoms with Gasteiger partial charge in [0.05, 0.1) is 4.90 Å². The Morgan fingerprint density at radius 1 is 1.23 bits per heavy atom. The maximum Gasteiger partial charge on any atom is 0.257 e. The summed E-state index contributed by atoms with van der Waals surface area (Å²) in [4.78, 5) is 17.2. The van der Waals surface area contributed by atoms with Crippen molar-refractivity contribution < 1.29 is 13.2 Å². The third kappa shape index (κ3) is 4.96. The molecule has 1 aliphatic heterocycles. The van der Waals surface area contributed by atoms with Crippen molar-refractivity contribution >= 4 is 49.5 Å². The number of hydrogen-bond acceptors (Lipinski definition) is 6. The Morgan fingerprint density at radius 3 is 2.50 bits per heavy atom. The first-order chi connectivity index (χ1) is 12.4. The molecule has 1 aromatic heterocycles. The van der Waals surface area contributed by atoms with E-state index in [-0.39, 0.29) is 10.8 Å². The van der Waals surface area contributed by atoms with Crippen LogP contribution in [0.15, 0.2) is 46.8 Å². The lowest BCUT2D eigenvalue weighted by Crippen LogP contribution is -2.16. The Labute approximate surface area is 161 Å². The average Bonchev–Trinajstić information content (AvgIpc) is 3.13. The predicted molar refractivity (Wildman–Crippen MR) is 108 cm³/mol. The number of carbonyl (C=O) groups excluding carboxylic acids is 1. The smallest absolute Gasteiger partial charge is 0.257 e. The lowest BCUT2D eigenvalue weighted by molar-refractivity contribution is -0.111. The van der Waals surface area contributed by atoms with E-state index in [1.165, 1.54) is 17.6 Å². The van der Waals surface area contributed by atoms with Gasteiger partial charge in [0.2, 0.25) is 0 Å². The number of thiazole rings is 1. The normalized spacial score (nSPS) is 16.4. The van der Waals surface area contributed by atoms with Crippen LogP contribution in [0.2, 0.25) is 0 Å². The highest BCUT2D eigenvalue weighted by atomic mass is 32.2. The molecule has 0 radical (unpaired) electrons. The third-order valence-corrected chi connectivity index (χ3v) is 7.02. The fourth-order valence-electron chi connectivity index (χ4n) is 2.75. The van der Waals surface area contributed by atoms with E-state index in [4.69, 9.17) is 0 Å². The molecule has 2 heterocycles. The van der Waals surface area contributed by atoms with Gasteiger partial charge in [0, 0.05) is 23.4 Å². The standard InChI is InChI=1S/C18H20N2O3S3/c1-26(22,23)15-4-2-14(3-5-15)16(12-13-6-9-24-10-7-13)17(21)20-18-19-8-11-25-18/h2-5,8,11-13H,6-7,9-10H2,1H3,(H,19,20,21). The summed E-state index contributed by atoms with van der Waals surface area (Å²) in [6, 6.07) is 6.49. The fourth-order valence-corrected chi connectivity index (χ4v) is 5.05. The molecule has 0 unspecified atom stereocenters. The molecule has 0 aliphatic carbocycles. The molecule has 2 aromatic rings. The molecule has 26 heavy (non-hydrogen) atoms. The van der Waals surface area contributed by atoms with E-state index in [2.05, 4.69) is 10.3 Å². The maximum absolute atomic E-state index is 12.8. The number of hydrogen-bond donors (Lipinski definition) is 1. The summed E-state index contributed by atoms with van der Waals surface area (Å²) in [6.45, 7) is 0. The second-order valence-electron chi connectivity index (χ2n) is 6.12. The van der Waals surface area contributed by atoms with E-state index in [9.17, 15) is 13.2 Å². The summed E-state index contributed by atoms with van der Waals surface area (Å²) in [5.74, 6) is 2.32. The van der Waals surface area contributed by atoms with Gasteiger partial charge in [-0.1, -0.05) is 18.2 Å². The zero-order valence-corrected chi connectivity index (χ0v) is 16.8. The van der Waals surface area contributed by atoms with Crippen LogP contribution in [-0.2, 0) is 14.6 Å². The molecule has 0 spiro atoms. The molecule has 1 saturated heterocycles. The van der Waals surface area contributed by atoms with Crippen molar-refractivity contribution in [1.29, 1.82) is 0 Å². The van der Waals surface area contributed by atoms with Gasteiger partial charge in [0.25, 0.3) is 5.91 Å². The van der Waals surface area contributed by atoms with Gasteiger partial charge in [-0.15, -0.1) is 11.3 Å². The molecule has 138 valence electrons. The molecule has 1 N–H and O–H groups in total. The number of allylic oxidation sites excluding steroid dienone is 1. The van der Waals surface area contributed by atoms with Crippen LogP contribution in [0.4, 0.5) is 5.13 Å². The Hall–Kier alpha value is -1.64. The van der Waals surface area contributed by atoms with Crippen molar-refractivity contribution in [1.82, 2.24) is 4.98 Å². The topological polar surface area (TPSA) is 76.1 Å². The molecular weight excluding hydrogens is 388 g/mol. The van der Waals surface area contributed by atoms with Crippen LogP contribution in [0.1, 0.15) is 18.4 Å². The fraction of sp³-hybridized carbons (Fsp3) is 0.333. The van der Waals surface area contributed by atoms with Crippen LogP contribution < -0.4 is 5.32 Å². The SMILES string of the molecule is CS(=O)(=O)c1ccc(C(=CC2CCSCC2)C(=O)Nc2nccs2)cc1. The minimum absolute atomic E-state index is 0.217. The monoisotopic (exact) mass is 408 g/mol. The first-order valence-corrected chi connectivity index (χ1v) is 12.2. The minimum Gasteiger partial charge on any atom is -0.298 e. The number of rotatable bonds is 5. The molecule has 1 fully saturated rings. The number of thioether (sulfide) groups is 1. The molecule has 1 amide bonds. The number of nitrogens with one attached hydrogen (secondary N) is 1. The Morgan fingerprint density at radius 2 is 1.92 bits per heavy atom. The number of carbonyl (C=O) groups is 1. The van der Waals surface area contributed by atoms with Crippen LogP contribution in [0.3, 0.4) is 0 Å². The van der Waals surface area contributed by atoms with Crippen molar-refractivity contribution in [3.63, 3.8) is 0 Å². The van der Waals surface area contributed by atoms with E-state index >= 15 is 0 Å². The summed E-state index contributed by atoms with van der Waals surface area (Å²) >= 11 is 3.30. The first-order valence-electron chi connectivity index (χ1n) is 8.24. The summed E-state index contributed by atoms with van der Waals surface area (Å²) in [7, 11) is -3.26. The molecule has 5 nitrogen and oxygen atoms in total. The molecule has 0 atom stereocenters. The lowest BCUT2D eigenvalue weighted by Gasteiger charge is -2.19. The Balaban J connectivity index is 1.91. The number of anilines is 1. The number of benzene rings is 1. The van der Waals surface area contributed by atoms with Gasteiger partial charge in [-0.3, -0.25) is 10.1 Å². The van der Waals surface area contributed by atoms with Crippen LogP contribution in [-0.4, -0.2) is 37.1 Å². The summed E-state index contributed by atoms with van der Waals surface area (Å²) in [5.41, 5.74) is 1.28. The minimum atomic E-state index is -3.26. The number of amides is 1. The van der Waals surface area contributed by atoms with Crippen LogP contribution in [0.25, 0.3) is 5.57 Å². The predicted octanol–water partition coefficient (Wildman–Crippen LogP) is 3.71. The lowest BCUT2D eigenvalue weighted by atomic mass is 9.95. The number of aromatic nitrogens is 1. The Bertz CT molecular complexity index is 882. The van der Waals surface area contributed by atoms with Gasteiger partial charge in [0.1, 0.15) is 0 Å². The van der Waals surface area contributed by atoms with E-state index in [0.29, 0.717) is 22.2 Å². The van der Waals surface area contributed by atoms with Gasteiger partial charge in [0.15, 0.2) is 15.0 Å². The largest absolute Gasteiger partial charge is 0.298 e.